The van der Waals surface area contributed by atoms with Gasteiger partial charge < -0.3 is 19.9 Å². The summed E-state index contributed by atoms with van der Waals surface area (Å²) in [5.41, 5.74) is 0. The molecule has 2 saturated heterocycles. The van der Waals surface area contributed by atoms with Gasteiger partial charge in [-0.3, -0.25) is 0 Å². The Morgan fingerprint density at radius 3 is 2.38 bits per heavy atom. The van der Waals surface area contributed by atoms with E-state index in [1.807, 2.05) is 11.8 Å². The van der Waals surface area contributed by atoms with Gasteiger partial charge in [-0.2, -0.15) is 0 Å². The van der Waals surface area contributed by atoms with Gasteiger partial charge in [0.2, 0.25) is 0 Å². The molecule has 1 unspecified atom stereocenters. The number of carbonyl (C=O) groups is 1. The third-order valence-electron chi connectivity index (χ3n) is 4.76. The first-order valence-electron chi connectivity index (χ1n) is 8.63. The summed E-state index contributed by atoms with van der Waals surface area (Å²) in [6.45, 7) is 9.86. The SMILES string of the molecule is CCOC(=O)N1CCC(NC2CCCN(CC)CC2)CC1. The van der Waals surface area contributed by atoms with E-state index in [9.17, 15) is 4.79 Å². The Hall–Kier alpha value is -0.810. The highest BCUT2D eigenvalue weighted by atomic mass is 16.6. The standard InChI is InChI=1S/C16H31N3O2/c1-3-18-10-5-6-14(7-11-18)17-15-8-12-19(13-9-15)16(20)21-4-2/h14-15,17H,3-13H2,1-2H3. The quantitative estimate of drug-likeness (QED) is 0.863. The maximum absolute atomic E-state index is 11.7. The number of hydrogen-bond donors (Lipinski definition) is 1. The van der Waals surface area contributed by atoms with Crippen molar-refractivity contribution in [3.05, 3.63) is 0 Å². The number of rotatable bonds is 4. The Labute approximate surface area is 129 Å². The van der Waals surface area contributed by atoms with Crippen LogP contribution in [0, 0.1) is 0 Å². The molecule has 0 spiro atoms. The maximum atomic E-state index is 11.7. The van der Waals surface area contributed by atoms with Crippen LogP contribution in [0.15, 0.2) is 0 Å². The van der Waals surface area contributed by atoms with E-state index in [2.05, 4.69) is 17.1 Å². The molecule has 0 aromatic heterocycles. The monoisotopic (exact) mass is 297 g/mol. The number of likely N-dealkylation sites (tertiary alicyclic amines) is 2. The van der Waals surface area contributed by atoms with E-state index in [0.29, 0.717) is 18.7 Å². The van der Waals surface area contributed by atoms with Crippen molar-refractivity contribution in [2.75, 3.05) is 39.3 Å². The van der Waals surface area contributed by atoms with E-state index < -0.39 is 0 Å². The number of nitrogens with one attached hydrogen (secondary N) is 1. The van der Waals surface area contributed by atoms with E-state index in [1.54, 1.807) is 0 Å². The second-order valence-electron chi connectivity index (χ2n) is 6.19. The van der Waals surface area contributed by atoms with Gasteiger partial charge in [0.15, 0.2) is 0 Å². The summed E-state index contributed by atoms with van der Waals surface area (Å²) >= 11 is 0. The number of piperidine rings is 1. The molecule has 2 rings (SSSR count). The van der Waals surface area contributed by atoms with Gasteiger partial charge in [-0.15, -0.1) is 0 Å². The second-order valence-corrected chi connectivity index (χ2v) is 6.19. The molecule has 122 valence electrons. The highest BCUT2D eigenvalue weighted by Crippen LogP contribution is 2.16. The van der Waals surface area contributed by atoms with E-state index in [-0.39, 0.29) is 6.09 Å². The van der Waals surface area contributed by atoms with Gasteiger partial charge in [0.1, 0.15) is 0 Å². The van der Waals surface area contributed by atoms with Crippen molar-refractivity contribution in [2.45, 2.75) is 58.0 Å². The Balaban J connectivity index is 1.69. The molecule has 2 aliphatic rings. The van der Waals surface area contributed by atoms with E-state index >= 15 is 0 Å². The van der Waals surface area contributed by atoms with E-state index in [0.717, 1.165) is 25.9 Å². The first-order chi connectivity index (χ1) is 10.2. The minimum absolute atomic E-state index is 0.149. The Kier molecular flexibility index (Phi) is 6.77. The lowest BCUT2D eigenvalue weighted by atomic mass is 10.0. The molecular weight excluding hydrogens is 266 g/mol. The van der Waals surface area contributed by atoms with Crippen molar-refractivity contribution in [1.29, 1.82) is 0 Å². The number of nitrogens with zero attached hydrogens (tertiary/aromatic N) is 2. The zero-order chi connectivity index (χ0) is 15.1. The molecule has 0 aromatic carbocycles. The van der Waals surface area contributed by atoms with Crippen molar-refractivity contribution in [2.24, 2.45) is 0 Å². The Morgan fingerprint density at radius 2 is 1.71 bits per heavy atom. The van der Waals surface area contributed by atoms with Gasteiger partial charge in [-0.05, 0) is 58.7 Å². The summed E-state index contributed by atoms with van der Waals surface area (Å²) in [6, 6.07) is 1.22. The molecule has 1 amide bonds. The predicted octanol–water partition coefficient (Wildman–Crippen LogP) is 2.07. The van der Waals surface area contributed by atoms with Crippen LogP contribution in [0.5, 0.6) is 0 Å². The van der Waals surface area contributed by atoms with E-state index in [4.69, 9.17) is 4.74 Å². The lowest BCUT2D eigenvalue weighted by Gasteiger charge is -2.34. The summed E-state index contributed by atoms with van der Waals surface area (Å²) in [7, 11) is 0. The molecular formula is C16H31N3O2. The van der Waals surface area contributed by atoms with Gasteiger partial charge in [-0.1, -0.05) is 6.92 Å². The van der Waals surface area contributed by atoms with Crippen LogP contribution in [0.4, 0.5) is 4.79 Å². The van der Waals surface area contributed by atoms with Crippen molar-refractivity contribution < 1.29 is 9.53 Å². The first-order valence-corrected chi connectivity index (χ1v) is 8.63. The fourth-order valence-corrected chi connectivity index (χ4v) is 3.42. The average molecular weight is 297 g/mol. The topological polar surface area (TPSA) is 44.8 Å². The smallest absolute Gasteiger partial charge is 0.409 e. The zero-order valence-corrected chi connectivity index (χ0v) is 13.6. The molecule has 2 aliphatic heterocycles. The number of carbonyl (C=O) groups excluding carboxylic acids is 1. The molecule has 1 N–H and O–H groups in total. The van der Waals surface area contributed by atoms with Gasteiger partial charge in [0, 0.05) is 25.2 Å². The van der Waals surface area contributed by atoms with Gasteiger partial charge in [0.05, 0.1) is 6.61 Å². The van der Waals surface area contributed by atoms with Gasteiger partial charge in [0.25, 0.3) is 0 Å². The third-order valence-corrected chi connectivity index (χ3v) is 4.76. The summed E-state index contributed by atoms with van der Waals surface area (Å²) < 4.78 is 5.07. The first kappa shape index (κ1) is 16.6. The molecule has 5 nitrogen and oxygen atoms in total. The van der Waals surface area contributed by atoms with Crippen LogP contribution in [0.3, 0.4) is 0 Å². The Morgan fingerprint density at radius 1 is 1.05 bits per heavy atom. The summed E-state index contributed by atoms with van der Waals surface area (Å²) in [5.74, 6) is 0. The second kappa shape index (κ2) is 8.59. The summed E-state index contributed by atoms with van der Waals surface area (Å²) in [5, 5.41) is 3.83. The molecule has 1 atom stereocenters. The molecule has 0 bridgehead atoms. The fourth-order valence-electron chi connectivity index (χ4n) is 3.42. The van der Waals surface area contributed by atoms with Crippen LogP contribution in [-0.2, 0) is 4.74 Å². The minimum Gasteiger partial charge on any atom is -0.450 e. The normalized spacial score (nSPS) is 25.6. The highest BCUT2D eigenvalue weighted by molar-refractivity contribution is 5.67. The molecule has 21 heavy (non-hydrogen) atoms. The zero-order valence-electron chi connectivity index (χ0n) is 13.6. The minimum atomic E-state index is -0.149. The predicted molar refractivity (Wildman–Crippen MR) is 84.5 cm³/mol. The molecule has 2 fully saturated rings. The average Bonchev–Trinajstić information content (AvgIpc) is 2.73. The van der Waals surface area contributed by atoms with Crippen LogP contribution in [0.2, 0.25) is 0 Å². The molecule has 0 saturated carbocycles. The number of amides is 1. The van der Waals surface area contributed by atoms with Gasteiger partial charge >= 0.3 is 6.09 Å². The van der Waals surface area contributed by atoms with Crippen LogP contribution in [0.1, 0.15) is 46.0 Å². The van der Waals surface area contributed by atoms with Crippen molar-refractivity contribution in [3.8, 4) is 0 Å². The number of ether oxygens (including phenoxy) is 1. The molecule has 0 radical (unpaired) electrons. The van der Waals surface area contributed by atoms with Crippen molar-refractivity contribution >= 4 is 6.09 Å². The summed E-state index contributed by atoms with van der Waals surface area (Å²) in [6.07, 6.45) is 5.79. The third kappa shape index (κ3) is 5.15. The lowest BCUT2D eigenvalue weighted by molar-refractivity contribution is 0.0940. The lowest BCUT2D eigenvalue weighted by Crippen LogP contribution is -2.48. The van der Waals surface area contributed by atoms with Crippen LogP contribution in [0.25, 0.3) is 0 Å². The molecule has 0 aromatic rings. The molecule has 2 heterocycles. The van der Waals surface area contributed by atoms with Crippen LogP contribution in [-0.4, -0.2) is 67.3 Å². The van der Waals surface area contributed by atoms with Crippen LogP contribution >= 0.6 is 0 Å². The maximum Gasteiger partial charge on any atom is 0.409 e. The summed E-state index contributed by atoms with van der Waals surface area (Å²) in [4.78, 5) is 16.1. The fraction of sp³-hybridized carbons (Fsp3) is 0.938. The van der Waals surface area contributed by atoms with E-state index in [1.165, 1.54) is 38.9 Å². The van der Waals surface area contributed by atoms with Crippen LogP contribution < -0.4 is 5.32 Å². The molecule has 0 aliphatic carbocycles. The van der Waals surface area contributed by atoms with Crippen molar-refractivity contribution in [3.63, 3.8) is 0 Å². The largest absolute Gasteiger partial charge is 0.450 e. The van der Waals surface area contributed by atoms with Crippen molar-refractivity contribution in [1.82, 2.24) is 15.1 Å². The highest BCUT2D eigenvalue weighted by Gasteiger charge is 2.25. The molecule has 5 heteroatoms. The number of hydrogen-bond acceptors (Lipinski definition) is 4. The van der Waals surface area contributed by atoms with Gasteiger partial charge in [-0.25, -0.2) is 4.79 Å². The Bertz CT molecular complexity index is 317.